The summed E-state index contributed by atoms with van der Waals surface area (Å²) in [5.41, 5.74) is 4.90. The summed E-state index contributed by atoms with van der Waals surface area (Å²) in [6.07, 6.45) is 3.67. The molecule has 3 nitrogen and oxygen atoms in total. The molecule has 2 heterocycles. The van der Waals surface area contributed by atoms with E-state index in [1.165, 1.54) is 28.8 Å². The van der Waals surface area contributed by atoms with Crippen molar-refractivity contribution in [3.05, 3.63) is 101 Å². The van der Waals surface area contributed by atoms with Crippen LogP contribution in [0.15, 0.2) is 73.1 Å². The molecule has 0 saturated carbocycles. The number of benzene rings is 2. The Morgan fingerprint density at radius 1 is 0.893 bits per heavy atom. The number of nitrogens with zero attached hydrogens (tertiary/aromatic N) is 2. The molecule has 28 heavy (non-hydrogen) atoms. The van der Waals surface area contributed by atoms with Crippen molar-refractivity contribution in [3.63, 3.8) is 0 Å². The lowest BCUT2D eigenvalue weighted by Gasteiger charge is -2.32. The van der Waals surface area contributed by atoms with E-state index in [0.29, 0.717) is 13.2 Å². The van der Waals surface area contributed by atoms with Gasteiger partial charge in [-0.2, -0.15) is 0 Å². The van der Waals surface area contributed by atoms with Crippen LogP contribution in [0.5, 0.6) is 0 Å². The van der Waals surface area contributed by atoms with Crippen molar-refractivity contribution >= 4 is 0 Å². The first-order valence-electron chi connectivity index (χ1n) is 9.71. The molecule has 0 spiro atoms. The quantitative estimate of drug-likeness (QED) is 0.623. The Hall–Kier alpha value is -2.56. The Morgan fingerprint density at radius 3 is 2.21 bits per heavy atom. The van der Waals surface area contributed by atoms with Crippen LogP contribution in [-0.2, 0) is 17.8 Å². The Morgan fingerprint density at radius 2 is 1.54 bits per heavy atom. The first-order chi connectivity index (χ1) is 13.7. The molecule has 0 N–H and O–H groups in total. The van der Waals surface area contributed by atoms with E-state index in [4.69, 9.17) is 4.74 Å². The fourth-order valence-electron chi connectivity index (χ4n) is 3.87. The number of hydrogen-bond donors (Lipinski definition) is 0. The van der Waals surface area contributed by atoms with Gasteiger partial charge in [0.25, 0.3) is 0 Å². The Kier molecular flexibility index (Phi) is 5.79. The number of aromatic nitrogens is 1. The van der Waals surface area contributed by atoms with Gasteiger partial charge in [0, 0.05) is 37.4 Å². The molecule has 0 amide bonds. The average Bonchev–Trinajstić information content (AvgIpc) is 3.20. The fourth-order valence-corrected chi connectivity index (χ4v) is 3.87. The maximum Gasteiger partial charge on any atom is 0.123 e. The highest BCUT2D eigenvalue weighted by Gasteiger charge is 2.34. The van der Waals surface area contributed by atoms with Crippen molar-refractivity contribution in [1.29, 1.82) is 0 Å². The van der Waals surface area contributed by atoms with Gasteiger partial charge in [0.1, 0.15) is 5.82 Å². The molecule has 144 valence electrons. The summed E-state index contributed by atoms with van der Waals surface area (Å²) in [7, 11) is 0. The van der Waals surface area contributed by atoms with Crippen molar-refractivity contribution in [3.8, 4) is 0 Å². The second-order valence-electron chi connectivity index (χ2n) is 7.51. The highest BCUT2D eigenvalue weighted by Crippen LogP contribution is 2.31. The summed E-state index contributed by atoms with van der Waals surface area (Å²) >= 11 is 0. The number of aryl methyl sites for hydroxylation is 1. The number of ether oxygens (including phenoxy) is 1. The first kappa shape index (κ1) is 18.8. The third-order valence-electron chi connectivity index (χ3n) is 5.46. The SMILES string of the molecule is Cc1ccc(CN(Cc2ccncc2)[C@@H]2COC[C@H]2c2ccc(F)cc2)cc1. The predicted octanol–water partition coefficient (Wildman–Crippen LogP) is 4.71. The zero-order chi connectivity index (χ0) is 19.3. The van der Waals surface area contributed by atoms with Crippen molar-refractivity contribution < 1.29 is 9.13 Å². The summed E-state index contributed by atoms with van der Waals surface area (Å²) in [6, 6.07) is 19.9. The van der Waals surface area contributed by atoms with Gasteiger partial charge in [0.05, 0.1) is 13.2 Å². The van der Waals surface area contributed by atoms with Crippen LogP contribution in [0.3, 0.4) is 0 Å². The molecule has 0 unspecified atom stereocenters. The van der Waals surface area contributed by atoms with Gasteiger partial charge in [0.2, 0.25) is 0 Å². The van der Waals surface area contributed by atoms with E-state index in [2.05, 4.69) is 53.2 Å². The number of halogens is 1. The fraction of sp³-hybridized carbons (Fsp3) is 0.292. The molecular weight excluding hydrogens is 351 g/mol. The monoisotopic (exact) mass is 376 g/mol. The van der Waals surface area contributed by atoms with E-state index in [-0.39, 0.29) is 17.8 Å². The summed E-state index contributed by atoms with van der Waals surface area (Å²) in [6.45, 7) is 5.11. The highest BCUT2D eigenvalue weighted by atomic mass is 19.1. The minimum absolute atomic E-state index is 0.201. The molecule has 3 aromatic rings. The van der Waals surface area contributed by atoms with E-state index in [1.807, 2.05) is 24.5 Å². The molecule has 1 saturated heterocycles. The van der Waals surface area contributed by atoms with Gasteiger partial charge in [-0.15, -0.1) is 0 Å². The molecule has 0 radical (unpaired) electrons. The van der Waals surface area contributed by atoms with Crippen LogP contribution in [-0.4, -0.2) is 29.1 Å². The second-order valence-corrected chi connectivity index (χ2v) is 7.51. The summed E-state index contributed by atoms with van der Waals surface area (Å²) in [5, 5.41) is 0. The molecule has 4 rings (SSSR count). The van der Waals surface area contributed by atoms with E-state index >= 15 is 0 Å². The van der Waals surface area contributed by atoms with Crippen LogP contribution in [0.2, 0.25) is 0 Å². The van der Waals surface area contributed by atoms with Crippen LogP contribution >= 0.6 is 0 Å². The van der Waals surface area contributed by atoms with E-state index in [9.17, 15) is 4.39 Å². The molecular formula is C24H25FN2O. The molecule has 4 heteroatoms. The van der Waals surface area contributed by atoms with Crippen molar-refractivity contribution in [2.75, 3.05) is 13.2 Å². The number of rotatable bonds is 6. The number of pyridine rings is 1. The lowest BCUT2D eigenvalue weighted by atomic mass is 9.92. The van der Waals surface area contributed by atoms with Crippen LogP contribution in [0, 0.1) is 12.7 Å². The van der Waals surface area contributed by atoms with Crippen molar-refractivity contribution in [2.24, 2.45) is 0 Å². The maximum atomic E-state index is 13.4. The topological polar surface area (TPSA) is 25.4 Å². The predicted molar refractivity (Wildman–Crippen MR) is 108 cm³/mol. The van der Waals surface area contributed by atoms with Crippen molar-refractivity contribution in [2.45, 2.75) is 32.0 Å². The molecule has 1 aromatic heterocycles. The molecule has 1 fully saturated rings. The van der Waals surface area contributed by atoms with Gasteiger partial charge in [-0.1, -0.05) is 42.0 Å². The van der Waals surface area contributed by atoms with Gasteiger partial charge in [-0.25, -0.2) is 4.39 Å². The molecule has 1 aliphatic rings. The molecule has 0 bridgehead atoms. The van der Waals surface area contributed by atoms with Crippen LogP contribution in [0.25, 0.3) is 0 Å². The Labute approximate surface area is 165 Å². The van der Waals surface area contributed by atoms with E-state index in [1.54, 1.807) is 0 Å². The van der Waals surface area contributed by atoms with Crippen molar-refractivity contribution in [1.82, 2.24) is 9.88 Å². The Bertz CT molecular complexity index is 881. The summed E-state index contributed by atoms with van der Waals surface area (Å²) in [5.74, 6) is 0.0281. The maximum absolute atomic E-state index is 13.4. The third kappa shape index (κ3) is 4.46. The molecule has 2 aromatic carbocycles. The highest BCUT2D eigenvalue weighted by molar-refractivity contribution is 5.25. The van der Waals surface area contributed by atoms with Crippen LogP contribution in [0.1, 0.15) is 28.2 Å². The molecule has 2 atom stereocenters. The van der Waals surface area contributed by atoms with Gasteiger partial charge in [0.15, 0.2) is 0 Å². The zero-order valence-electron chi connectivity index (χ0n) is 16.1. The van der Waals surface area contributed by atoms with E-state index < -0.39 is 0 Å². The second kappa shape index (κ2) is 8.63. The summed E-state index contributed by atoms with van der Waals surface area (Å²) in [4.78, 5) is 6.61. The van der Waals surface area contributed by atoms with Gasteiger partial charge in [-0.3, -0.25) is 9.88 Å². The minimum atomic E-state index is -0.201. The third-order valence-corrected chi connectivity index (χ3v) is 5.46. The minimum Gasteiger partial charge on any atom is -0.379 e. The first-order valence-corrected chi connectivity index (χ1v) is 9.71. The largest absolute Gasteiger partial charge is 0.379 e. The average molecular weight is 376 g/mol. The van der Waals surface area contributed by atoms with E-state index in [0.717, 1.165) is 18.7 Å². The van der Waals surface area contributed by atoms with Gasteiger partial charge in [-0.05, 0) is 47.9 Å². The van der Waals surface area contributed by atoms with Crippen LogP contribution in [0.4, 0.5) is 4.39 Å². The standard InChI is InChI=1S/C24H25FN2O/c1-18-2-4-19(5-3-18)14-27(15-20-10-12-26-13-11-20)24-17-28-16-23(24)21-6-8-22(25)9-7-21/h2-13,23-24H,14-17H2,1H3/t23-,24+/m0/s1. The lowest BCUT2D eigenvalue weighted by molar-refractivity contribution is 0.132. The lowest BCUT2D eigenvalue weighted by Crippen LogP contribution is -2.38. The number of hydrogen-bond acceptors (Lipinski definition) is 3. The van der Waals surface area contributed by atoms with Gasteiger partial charge < -0.3 is 4.74 Å². The summed E-state index contributed by atoms with van der Waals surface area (Å²) < 4.78 is 19.3. The molecule has 1 aliphatic heterocycles. The Balaban J connectivity index is 1.61. The van der Waals surface area contributed by atoms with Gasteiger partial charge >= 0.3 is 0 Å². The van der Waals surface area contributed by atoms with Crippen LogP contribution < -0.4 is 0 Å². The zero-order valence-corrected chi connectivity index (χ0v) is 16.1. The normalized spacial score (nSPS) is 19.2. The smallest absolute Gasteiger partial charge is 0.123 e. The molecule has 0 aliphatic carbocycles.